The first-order valence-electron chi connectivity index (χ1n) is 11.5. The highest BCUT2D eigenvalue weighted by molar-refractivity contribution is 14.0. The Kier molecular flexibility index (Phi) is 8.86. The van der Waals surface area contributed by atoms with Gasteiger partial charge in [0.05, 0.1) is 0 Å². The van der Waals surface area contributed by atoms with Crippen molar-refractivity contribution in [3.05, 3.63) is 35.5 Å². The van der Waals surface area contributed by atoms with Gasteiger partial charge in [-0.25, -0.2) is 0 Å². The van der Waals surface area contributed by atoms with E-state index in [0.717, 1.165) is 25.0 Å². The molecule has 0 radical (unpaired) electrons. The lowest BCUT2D eigenvalue weighted by molar-refractivity contribution is 0.119. The molecule has 6 heteroatoms. The Morgan fingerprint density at radius 3 is 2.63 bits per heavy atom. The minimum atomic E-state index is 0. The average molecular weight is 524 g/mol. The maximum atomic E-state index is 4.46. The molecule has 0 amide bonds. The molecule has 0 unspecified atom stereocenters. The molecule has 0 spiro atoms. The number of aliphatic imine (C=N–C) groups is 1. The number of hydrogen-bond donors (Lipinski definition) is 3. The minimum Gasteiger partial charge on any atom is -0.361 e. The summed E-state index contributed by atoms with van der Waals surface area (Å²) in [5, 5.41) is 8.52. The van der Waals surface area contributed by atoms with Gasteiger partial charge in [-0.1, -0.05) is 37.5 Å². The van der Waals surface area contributed by atoms with E-state index >= 15 is 0 Å². The average Bonchev–Trinajstić information content (AvgIpc) is 3.18. The standard InChI is InChI=1S/C24H37N5.HI/c1-18-7-6-10-22-19(17-27-23(18)22)11-14-26-24(25-2)28-20-12-15-29(16-13-20)21-8-4-3-5-9-21;/h6-7,10,17,20-21,27H,3-5,8-9,11-16H2,1-2H3,(H2,25,26,28);1H. The largest absolute Gasteiger partial charge is 0.361 e. The molecule has 3 N–H and O–H groups in total. The normalized spacial score (nSPS) is 19.6. The van der Waals surface area contributed by atoms with Gasteiger partial charge in [-0.05, 0) is 50.2 Å². The molecule has 2 aromatic rings. The van der Waals surface area contributed by atoms with E-state index in [9.17, 15) is 0 Å². The van der Waals surface area contributed by atoms with Crippen molar-refractivity contribution in [3.8, 4) is 0 Å². The van der Waals surface area contributed by atoms with E-state index in [4.69, 9.17) is 0 Å². The number of fused-ring (bicyclic) bond motifs is 1. The molecule has 1 aromatic heterocycles. The van der Waals surface area contributed by atoms with Crippen LogP contribution in [-0.4, -0.2) is 54.6 Å². The van der Waals surface area contributed by atoms with Crippen molar-refractivity contribution in [1.82, 2.24) is 20.5 Å². The molecule has 0 bridgehead atoms. The lowest BCUT2D eigenvalue weighted by Gasteiger charge is -2.39. The zero-order valence-corrected chi connectivity index (χ0v) is 20.9. The van der Waals surface area contributed by atoms with Crippen molar-refractivity contribution in [2.75, 3.05) is 26.7 Å². The maximum absolute atomic E-state index is 4.46. The molecule has 4 rings (SSSR count). The summed E-state index contributed by atoms with van der Waals surface area (Å²) in [5.41, 5.74) is 3.93. The number of nitrogens with one attached hydrogen (secondary N) is 3. The van der Waals surface area contributed by atoms with Gasteiger partial charge in [-0.15, -0.1) is 24.0 Å². The van der Waals surface area contributed by atoms with E-state index in [1.807, 2.05) is 7.05 Å². The van der Waals surface area contributed by atoms with E-state index in [-0.39, 0.29) is 24.0 Å². The molecule has 1 saturated heterocycles. The highest BCUT2D eigenvalue weighted by atomic mass is 127. The number of guanidine groups is 1. The number of rotatable bonds is 5. The number of piperidine rings is 1. The van der Waals surface area contributed by atoms with Crippen LogP contribution in [0, 0.1) is 6.92 Å². The molecule has 1 aliphatic heterocycles. The Morgan fingerprint density at radius 2 is 1.90 bits per heavy atom. The van der Waals surface area contributed by atoms with Crippen LogP contribution < -0.4 is 10.6 Å². The minimum absolute atomic E-state index is 0. The van der Waals surface area contributed by atoms with Gasteiger partial charge in [0.25, 0.3) is 0 Å². The van der Waals surface area contributed by atoms with Crippen LogP contribution in [0.25, 0.3) is 10.9 Å². The third-order valence-electron chi connectivity index (χ3n) is 6.88. The fraction of sp³-hybridized carbons (Fsp3) is 0.625. The predicted molar refractivity (Wildman–Crippen MR) is 138 cm³/mol. The van der Waals surface area contributed by atoms with Crippen LogP contribution in [-0.2, 0) is 6.42 Å². The summed E-state index contributed by atoms with van der Waals surface area (Å²) in [6.45, 7) is 5.51. The summed E-state index contributed by atoms with van der Waals surface area (Å²) in [5.74, 6) is 0.942. The Morgan fingerprint density at radius 1 is 1.13 bits per heavy atom. The summed E-state index contributed by atoms with van der Waals surface area (Å²) >= 11 is 0. The molecular formula is C24H38IN5. The van der Waals surface area contributed by atoms with E-state index in [2.05, 4.69) is 56.8 Å². The van der Waals surface area contributed by atoms with E-state index in [0.29, 0.717) is 6.04 Å². The van der Waals surface area contributed by atoms with Gasteiger partial charge in [0.2, 0.25) is 0 Å². The summed E-state index contributed by atoms with van der Waals surface area (Å²) in [7, 11) is 1.88. The third kappa shape index (κ3) is 5.69. The van der Waals surface area contributed by atoms with Crippen LogP contribution in [0.2, 0.25) is 0 Å². The number of aryl methyl sites for hydroxylation is 1. The number of hydrogen-bond acceptors (Lipinski definition) is 2. The van der Waals surface area contributed by atoms with Gasteiger partial charge in [0.1, 0.15) is 0 Å². The number of H-pyrrole nitrogens is 1. The van der Waals surface area contributed by atoms with Crippen LogP contribution in [0.15, 0.2) is 29.4 Å². The van der Waals surface area contributed by atoms with Gasteiger partial charge in [-0.3, -0.25) is 4.99 Å². The van der Waals surface area contributed by atoms with Crippen LogP contribution >= 0.6 is 24.0 Å². The first-order valence-corrected chi connectivity index (χ1v) is 11.5. The summed E-state index contributed by atoms with van der Waals surface area (Å²) in [4.78, 5) is 10.6. The van der Waals surface area contributed by atoms with Crippen LogP contribution in [0.4, 0.5) is 0 Å². The van der Waals surface area contributed by atoms with Gasteiger partial charge in [-0.2, -0.15) is 0 Å². The molecule has 2 fully saturated rings. The second-order valence-electron chi connectivity index (χ2n) is 8.81. The van der Waals surface area contributed by atoms with Crippen LogP contribution in [0.1, 0.15) is 56.1 Å². The third-order valence-corrected chi connectivity index (χ3v) is 6.88. The van der Waals surface area contributed by atoms with E-state index in [1.54, 1.807) is 0 Å². The van der Waals surface area contributed by atoms with Gasteiger partial charge in [0.15, 0.2) is 5.96 Å². The first kappa shape index (κ1) is 23.4. The van der Waals surface area contributed by atoms with Crippen LogP contribution in [0.3, 0.4) is 0 Å². The molecule has 2 heterocycles. The summed E-state index contributed by atoms with van der Waals surface area (Å²) < 4.78 is 0. The van der Waals surface area contributed by atoms with Crippen molar-refractivity contribution in [2.24, 2.45) is 4.99 Å². The molecule has 1 aromatic carbocycles. The highest BCUT2D eigenvalue weighted by Crippen LogP contribution is 2.25. The number of aromatic amines is 1. The number of halogens is 1. The molecule has 2 aliphatic rings. The lowest BCUT2D eigenvalue weighted by Crippen LogP contribution is -2.51. The summed E-state index contributed by atoms with van der Waals surface area (Å²) in [6.07, 6.45) is 12.7. The zero-order chi connectivity index (χ0) is 20.1. The van der Waals surface area contributed by atoms with E-state index in [1.165, 1.54) is 80.1 Å². The second-order valence-corrected chi connectivity index (χ2v) is 8.81. The number of aromatic nitrogens is 1. The number of benzene rings is 1. The SMILES string of the molecule is CN=C(NCCc1c[nH]c2c(C)cccc12)NC1CCN(C2CCCCC2)CC1.I. The highest BCUT2D eigenvalue weighted by Gasteiger charge is 2.26. The molecule has 30 heavy (non-hydrogen) atoms. The van der Waals surface area contributed by atoms with Crippen molar-refractivity contribution >= 4 is 40.8 Å². The predicted octanol–water partition coefficient (Wildman–Crippen LogP) is 4.60. The van der Waals surface area contributed by atoms with Gasteiger partial charge >= 0.3 is 0 Å². The fourth-order valence-electron chi connectivity index (χ4n) is 5.13. The molecule has 1 aliphatic carbocycles. The Balaban J connectivity index is 0.00000256. The second kappa shape index (κ2) is 11.4. The van der Waals surface area contributed by atoms with Gasteiger partial charge in [0, 0.05) is 55.9 Å². The fourth-order valence-corrected chi connectivity index (χ4v) is 5.13. The van der Waals surface area contributed by atoms with Gasteiger partial charge < -0.3 is 20.5 Å². The molecule has 5 nitrogen and oxygen atoms in total. The Labute approximate surface area is 198 Å². The Hall–Kier alpha value is -1.28. The molecular weight excluding hydrogens is 485 g/mol. The molecule has 1 saturated carbocycles. The Bertz CT molecular complexity index is 816. The lowest BCUT2D eigenvalue weighted by atomic mass is 9.92. The number of likely N-dealkylation sites (tertiary alicyclic amines) is 1. The smallest absolute Gasteiger partial charge is 0.191 e. The van der Waals surface area contributed by atoms with Crippen LogP contribution in [0.5, 0.6) is 0 Å². The number of para-hydroxylation sites is 1. The van der Waals surface area contributed by atoms with Crippen molar-refractivity contribution < 1.29 is 0 Å². The maximum Gasteiger partial charge on any atom is 0.191 e. The molecule has 0 atom stereocenters. The topological polar surface area (TPSA) is 55.5 Å². The summed E-state index contributed by atoms with van der Waals surface area (Å²) in [6, 6.07) is 7.90. The monoisotopic (exact) mass is 523 g/mol. The van der Waals surface area contributed by atoms with Crippen molar-refractivity contribution in [2.45, 2.75) is 70.4 Å². The quantitative estimate of drug-likeness (QED) is 0.305. The van der Waals surface area contributed by atoms with Crippen molar-refractivity contribution in [3.63, 3.8) is 0 Å². The zero-order valence-electron chi connectivity index (χ0n) is 18.5. The number of nitrogens with zero attached hydrogens (tertiary/aromatic N) is 2. The first-order chi connectivity index (χ1) is 14.2. The molecule has 166 valence electrons. The van der Waals surface area contributed by atoms with E-state index < -0.39 is 0 Å². The van der Waals surface area contributed by atoms with Crippen molar-refractivity contribution in [1.29, 1.82) is 0 Å².